The largest absolute Gasteiger partial charge is 0.394 e. The molecule has 2 heterocycles. The zero-order valence-corrected chi connectivity index (χ0v) is 17.9. The Morgan fingerprint density at radius 2 is 1.73 bits per heavy atom. The number of aliphatic hydroxyl groups is 3. The fraction of sp³-hybridized carbons (Fsp3) is 0.333. The van der Waals surface area contributed by atoms with E-state index in [-0.39, 0.29) is 6.61 Å². The molecule has 2 aromatic carbocycles. The molecule has 0 amide bonds. The monoisotopic (exact) mass is 445 g/mol. The first-order chi connectivity index (χ1) is 14.5. The second-order valence-corrected chi connectivity index (χ2v) is 9.35. The van der Waals surface area contributed by atoms with E-state index in [0.29, 0.717) is 5.03 Å². The lowest BCUT2D eigenvalue weighted by Gasteiger charge is -2.41. The molecule has 0 spiro atoms. The van der Waals surface area contributed by atoms with Gasteiger partial charge in [-0.3, -0.25) is 0 Å². The predicted octanol–water partition coefficient (Wildman–Crippen LogP) is 2.51. The molecule has 0 saturated carbocycles. The van der Waals surface area contributed by atoms with E-state index in [1.165, 1.54) is 28.2 Å². The summed E-state index contributed by atoms with van der Waals surface area (Å²) in [5.74, 6) is 0. The molecule has 30 heavy (non-hydrogen) atoms. The van der Waals surface area contributed by atoms with Gasteiger partial charge in [-0.25, -0.2) is 4.68 Å². The van der Waals surface area contributed by atoms with Crippen molar-refractivity contribution in [2.45, 2.75) is 51.5 Å². The van der Waals surface area contributed by atoms with Crippen LogP contribution < -0.4 is 0 Å². The summed E-state index contributed by atoms with van der Waals surface area (Å²) < 4.78 is 7.26. The summed E-state index contributed by atoms with van der Waals surface area (Å²) in [6.07, 6.45) is -1.32. The van der Waals surface area contributed by atoms with Gasteiger partial charge in [0.05, 0.1) is 12.8 Å². The van der Waals surface area contributed by atoms with Crippen LogP contribution in [0.15, 0.2) is 75.6 Å². The quantitative estimate of drug-likeness (QED) is 0.532. The molecule has 1 aliphatic rings. The maximum absolute atomic E-state index is 11.0. The van der Waals surface area contributed by atoms with Crippen LogP contribution in [0.1, 0.15) is 11.6 Å². The number of rotatable bonds is 6. The van der Waals surface area contributed by atoms with Gasteiger partial charge in [0, 0.05) is 9.79 Å². The van der Waals surface area contributed by atoms with Gasteiger partial charge in [0.25, 0.3) is 0 Å². The van der Waals surface area contributed by atoms with Crippen LogP contribution >= 0.6 is 23.5 Å². The third-order valence-corrected chi connectivity index (χ3v) is 6.95. The van der Waals surface area contributed by atoms with E-state index < -0.39 is 29.8 Å². The number of aliphatic hydroxyl groups excluding tert-OH is 3. The first kappa shape index (κ1) is 21.4. The highest BCUT2D eigenvalue weighted by Crippen LogP contribution is 2.38. The highest BCUT2D eigenvalue weighted by atomic mass is 32.2. The van der Waals surface area contributed by atoms with Gasteiger partial charge in [0.1, 0.15) is 34.8 Å². The first-order valence-corrected chi connectivity index (χ1v) is 11.3. The molecule has 1 saturated heterocycles. The summed E-state index contributed by atoms with van der Waals surface area (Å²) in [4.78, 5) is 1.94. The number of benzene rings is 2. The molecule has 3 N–H and O–H groups in total. The molecule has 158 valence electrons. The van der Waals surface area contributed by atoms with Crippen molar-refractivity contribution < 1.29 is 20.1 Å². The highest BCUT2D eigenvalue weighted by Gasteiger charge is 2.46. The van der Waals surface area contributed by atoms with E-state index in [0.717, 1.165) is 15.4 Å². The van der Waals surface area contributed by atoms with Crippen molar-refractivity contribution in [2.75, 3.05) is 6.61 Å². The van der Waals surface area contributed by atoms with Crippen molar-refractivity contribution in [1.82, 2.24) is 15.0 Å². The van der Waals surface area contributed by atoms with Crippen molar-refractivity contribution in [3.63, 3.8) is 0 Å². The Hall–Kier alpha value is -1.88. The molecule has 7 nitrogen and oxygen atoms in total. The summed E-state index contributed by atoms with van der Waals surface area (Å²) in [6, 6.07) is 16.8. The molecule has 5 atom stereocenters. The van der Waals surface area contributed by atoms with E-state index in [1.54, 1.807) is 6.20 Å². The Kier molecular flexibility index (Phi) is 6.77. The lowest BCUT2D eigenvalue weighted by molar-refractivity contribution is -0.178. The van der Waals surface area contributed by atoms with Crippen molar-refractivity contribution in [3.05, 3.63) is 66.4 Å². The number of thioether (sulfide) groups is 1. The van der Waals surface area contributed by atoms with Crippen LogP contribution in [-0.4, -0.2) is 60.7 Å². The average molecular weight is 446 g/mol. The summed E-state index contributed by atoms with van der Waals surface area (Å²) >= 11 is 2.79. The lowest BCUT2D eigenvalue weighted by Crippen LogP contribution is -2.55. The smallest absolute Gasteiger partial charge is 0.143 e. The van der Waals surface area contributed by atoms with Crippen LogP contribution in [0.3, 0.4) is 0 Å². The third kappa shape index (κ3) is 4.72. The van der Waals surface area contributed by atoms with Crippen LogP contribution in [-0.2, 0) is 4.74 Å². The Balaban J connectivity index is 1.55. The average Bonchev–Trinajstić information content (AvgIpc) is 3.20. The number of aryl methyl sites for hydroxylation is 1. The van der Waals surface area contributed by atoms with Gasteiger partial charge in [0.15, 0.2) is 0 Å². The molecule has 1 fully saturated rings. The number of hydrogen-bond acceptors (Lipinski definition) is 8. The normalized spacial score (nSPS) is 26.6. The third-order valence-electron chi connectivity index (χ3n) is 4.88. The molecule has 0 bridgehead atoms. The van der Waals surface area contributed by atoms with E-state index in [1.807, 2.05) is 61.5 Å². The Morgan fingerprint density at radius 3 is 2.43 bits per heavy atom. The molecular formula is C21H23N3O4S2. The number of ether oxygens (including phenoxy) is 1. The zero-order chi connectivity index (χ0) is 21.1. The lowest BCUT2D eigenvalue weighted by atomic mass is 9.97. The van der Waals surface area contributed by atoms with Gasteiger partial charge in [0.2, 0.25) is 0 Å². The van der Waals surface area contributed by atoms with Crippen molar-refractivity contribution >= 4 is 23.5 Å². The summed E-state index contributed by atoms with van der Waals surface area (Å²) in [7, 11) is 0. The van der Waals surface area contributed by atoms with Crippen molar-refractivity contribution in [1.29, 1.82) is 0 Å². The molecule has 0 unspecified atom stereocenters. The second-order valence-electron chi connectivity index (χ2n) is 7.08. The van der Waals surface area contributed by atoms with E-state index in [2.05, 4.69) is 10.3 Å². The number of aromatic nitrogens is 3. The standard InChI is InChI=1S/C21H23N3O4S2/c1-13-7-9-15(10-8-13)30-21-20(27)18(19(26)16(12-25)28-21)24-11-17(22-23-24)29-14-5-3-2-4-6-14/h2-11,16,18-21,25-27H,12H2,1H3/t16-,18+,19+,20-,21+/m1/s1. The second kappa shape index (κ2) is 9.51. The van der Waals surface area contributed by atoms with E-state index in [4.69, 9.17) is 4.74 Å². The Labute approximate surface area is 183 Å². The van der Waals surface area contributed by atoms with Gasteiger partial charge in [-0.15, -0.1) is 5.10 Å². The minimum atomic E-state index is -1.13. The molecule has 1 aromatic heterocycles. The van der Waals surface area contributed by atoms with Crippen LogP contribution in [0.2, 0.25) is 0 Å². The van der Waals surface area contributed by atoms with E-state index >= 15 is 0 Å². The zero-order valence-electron chi connectivity index (χ0n) is 16.3. The van der Waals surface area contributed by atoms with E-state index in [9.17, 15) is 15.3 Å². The summed E-state index contributed by atoms with van der Waals surface area (Å²) in [5, 5.41) is 40.4. The molecule has 0 radical (unpaired) electrons. The van der Waals surface area contributed by atoms with Gasteiger partial charge in [-0.2, -0.15) is 0 Å². The number of hydrogen-bond donors (Lipinski definition) is 3. The van der Waals surface area contributed by atoms with Crippen LogP contribution in [0.5, 0.6) is 0 Å². The number of nitrogens with zero attached hydrogens (tertiary/aromatic N) is 3. The molecule has 3 aromatic rings. The van der Waals surface area contributed by atoms with Crippen LogP contribution in [0, 0.1) is 6.92 Å². The maximum Gasteiger partial charge on any atom is 0.143 e. The molecule has 0 aliphatic carbocycles. The molecule has 9 heteroatoms. The molecule has 4 rings (SSSR count). The summed E-state index contributed by atoms with van der Waals surface area (Å²) in [5.41, 5.74) is 0.463. The maximum atomic E-state index is 11.0. The molecule has 1 aliphatic heterocycles. The van der Waals surface area contributed by atoms with Gasteiger partial charge in [-0.1, -0.05) is 64.6 Å². The van der Waals surface area contributed by atoms with Crippen molar-refractivity contribution in [2.24, 2.45) is 0 Å². The predicted molar refractivity (Wildman–Crippen MR) is 114 cm³/mol. The van der Waals surface area contributed by atoms with Gasteiger partial charge < -0.3 is 20.1 Å². The van der Waals surface area contributed by atoms with Crippen molar-refractivity contribution in [3.8, 4) is 0 Å². The molecular weight excluding hydrogens is 422 g/mol. The topological polar surface area (TPSA) is 101 Å². The first-order valence-electron chi connectivity index (χ1n) is 9.55. The Bertz CT molecular complexity index is 954. The van der Waals surface area contributed by atoms with Gasteiger partial charge in [-0.05, 0) is 31.2 Å². The van der Waals surface area contributed by atoms with Crippen LogP contribution in [0.4, 0.5) is 0 Å². The van der Waals surface area contributed by atoms with Crippen LogP contribution in [0.25, 0.3) is 0 Å². The fourth-order valence-corrected chi connectivity index (χ4v) is 5.12. The SMILES string of the molecule is Cc1ccc(S[C@@H]2O[C@H](CO)[C@H](O)[C@H](n3cc(Sc4ccccc4)nn3)[C@H]2O)cc1. The van der Waals surface area contributed by atoms with Gasteiger partial charge >= 0.3 is 0 Å². The minimum Gasteiger partial charge on any atom is -0.394 e. The minimum absolute atomic E-state index is 0.365. The highest BCUT2D eigenvalue weighted by molar-refractivity contribution is 8.00. The fourth-order valence-electron chi connectivity index (χ4n) is 3.29. The summed E-state index contributed by atoms with van der Waals surface area (Å²) in [6.45, 7) is 1.64. The Morgan fingerprint density at radius 1 is 1.00 bits per heavy atom.